The van der Waals surface area contributed by atoms with Crippen molar-refractivity contribution in [3.8, 4) is 11.5 Å². The lowest BCUT2D eigenvalue weighted by atomic mass is 9.83. The van der Waals surface area contributed by atoms with Crippen LogP contribution in [0.3, 0.4) is 0 Å². The summed E-state index contributed by atoms with van der Waals surface area (Å²) in [6, 6.07) is 33.1. The molecule has 0 radical (unpaired) electrons. The largest absolute Gasteiger partial charge is 1.00 e. The van der Waals surface area contributed by atoms with E-state index in [1.54, 1.807) is 0 Å². The Labute approximate surface area is 468 Å². The Morgan fingerprint density at radius 1 is 0.462 bits per heavy atom. The topological polar surface area (TPSA) is 77.5 Å². The summed E-state index contributed by atoms with van der Waals surface area (Å²) in [5.74, 6) is -7.80. The molecule has 12 rings (SSSR count). The summed E-state index contributed by atoms with van der Waals surface area (Å²) in [6.07, 6.45) is 1.38. The Hall–Kier alpha value is -6.22. The van der Waals surface area contributed by atoms with Gasteiger partial charge in [-0.3, -0.25) is 9.80 Å². The van der Waals surface area contributed by atoms with Crippen molar-refractivity contribution in [2.45, 2.75) is 51.0 Å². The average Bonchev–Trinajstić information content (AvgIpc) is 3.43. The SMILES string of the molecule is O=C(O[C@H]1C[N+]2(CCOc3ccccc3)CCC1CC2)N(Cc1cc(F)c(F)c(F)c1)c1cccc(F)c1.O=C(O[C@H]1C[N+]2(CCOc3ccccc3)CCC1CC2)N(Cc1cc(F)c(F)c(F)c1)c1cccc(F)c1.[Br-].[Br-]. The fourth-order valence-electron chi connectivity index (χ4n) is 11.0. The number of hydrogen-bond donors (Lipinski definition) is 0. The van der Waals surface area contributed by atoms with E-state index in [0.717, 1.165) is 132 Å². The van der Waals surface area contributed by atoms with Crippen LogP contribution in [0.15, 0.2) is 133 Å². The molecule has 0 unspecified atom stereocenters. The zero-order valence-corrected chi connectivity index (χ0v) is 45.5. The van der Waals surface area contributed by atoms with Crippen LogP contribution in [-0.4, -0.2) is 98.9 Å². The molecule has 4 bridgehead atoms. The molecular formula is C58H58Br2F8N4O6. The standard InChI is InChI=1S/2C29H29F4N2O3.2BrH/c2*30-22-5-4-6-23(17-22)34(18-20-15-25(31)28(33)26(32)16-20)29(36)38-27-19-35(11-9-21(27)10-12-35)13-14-37-24-7-2-1-3-8-24;;/h2*1-8,15-17,21,27H,9-14,18-19H2;2*1H/q2*+1;;/p-2/t2*21?,27-,35?;;/m00../s1. The Morgan fingerprint density at radius 3 is 1.14 bits per heavy atom. The Balaban J connectivity index is 0.000000220. The first-order valence-electron chi connectivity index (χ1n) is 25.4. The minimum Gasteiger partial charge on any atom is -1.00 e. The molecule has 6 saturated heterocycles. The zero-order valence-electron chi connectivity index (χ0n) is 42.3. The number of fused-ring (bicyclic) bond motifs is 6. The number of amides is 2. The van der Waals surface area contributed by atoms with Gasteiger partial charge in [-0.15, -0.1) is 0 Å². The number of hydrogen-bond acceptors (Lipinski definition) is 6. The number of para-hydroxylation sites is 2. The van der Waals surface area contributed by atoms with E-state index in [1.165, 1.54) is 36.4 Å². The van der Waals surface area contributed by atoms with Crippen LogP contribution in [0.4, 0.5) is 56.1 Å². The van der Waals surface area contributed by atoms with Gasteiger partial charge < -0.3 is 61.9 Å². The maximum absolute atomic E-state index is 14.0. The van der Waals surface area contributed by atoms with E-state index in [4.69, 9.17) is 18.9 Å². The summed E-state index contributed by atoms with van der Waals surface area (Å²) in [4.78, 5) is 29.1. The minimum atomic E-state index is -1.59. The molecule has 6 aromatic carbocycles. The smallest absolute Gasteiger partial charge is 0.415 e. The molecule has 416 valence electrons. The molecule has 78 heavy (non-hydrogen) atoms. The molecule has 20 heteroatoms. The minimum absolute atomic E-state index is 0. The molecule has 0 spiro atoms. The van der Waals surface area contributed by atoms with Gasteiger partial charge in [0.25, 0.3) is 0 Å². The van der Waals surface area contributed by atoms with E-state index in [-0.39, 0.29) is 93.6 Å². The molecule has 6 aromatic rings. The maximum atomic E-state index is 14.0. The Kier molecular flexibility index (Phi) is 20.3. The first-order valence-corrected chi connectivity index (χ1v) is 25.4. The summed E-state index contributed by atoms with van der Waals surface area (Å²) in [6.45, 7) is 7.12. The molecule has 6 aliphatic rings. The van der Waals surface area contributed by atoms with Crippen molar-refractivity contribution in [1.82, 2.24) is 0 Å². The monoisotopic (exact) mass is 1220 g/mol. The van der Waals surface area contributed by atoms with Crippen LogP contribution in [0.25, 0.3) is 0 Å². The summed E-state index contributed by atoms with van der Waals surface area (Å²) < 4.78 is 136. The van der Waals surface area contributed by atoms with Crippen LogP contribution < -0.4 is 53.2 Å². The maximum Gasteiger partial charge on any atom is 0.415 e. The Bertz CT molecular complexity index is 2730. The van der Waals surface area contributed by atoms with Crippen LogP contribution in [-0.2, 0) is 22.6 Å². The lowest BCUT2D eigenvalue weighted by molar-refractivity contribution is -0.946. The van der Waals surface area contributed by atoms with E-state index in [2.05, 4.69) is 0 Å². The third kappa shape index (κ3) is 14.7. The fraction of sp³-hybridized carbons (Fsp3) is 0.345. The molecular weight excluding hydrogens is 1160 g/mol. The van der Waals surface area contributed by atoms with Crippen LogP contribution in [0, 0.1) is 58.4 Å². The highest BCUT2D eigenvalue weighted by Gasteiger charge is 2.49. The summed E-state index contributed by atoms with van der Waals surface area (Å²) >= 11 is 0. The molecule has 2 amide bonds. The van der Waals surface area contributed by atoms with E-state index < -0.39 is 58.7 Å². The van der Waals surface area contributed by atoms with Crippen molar-refractivity contribution < 1.29 is 107 Å². The van der Waals surface area contributed by atoms with Gasteiger partial charge in [0.15, 0.2) is 47.1 Å². The highest BCUT2D eigenvalue weighted by atomic mass is 79.9. The average molecular weight is 1220 g/mol. The molecule has 0 saturated carbocycles. The number of rotatable bonds is 16. The van der Waals surface area contributed by atoms with Crippen molar-refractivity contribution in [2.75, 3.05) is 75.4 Å². The second kappa shape index (κ2) is 26.6. The number of anilines is 2. The molecule has 6 heterocycles. The number of ether oxygens (including phenoxy) is 4. The van der Waals surface area contributed by atoms with Crippen molar-refractivity contribution in [3.63, 3.8) is 0 Å². The van der Waals surface area contributed by atoms with Gasteiger partial charge in [0.05, 0.1) is 50.6 Å². The van der Waals surface area contributed by atoms with Crippen molar-refractivity contribution in [3.05, 3.63) is 191 Å². The molecule has 0 aromatic heterocycles. The van der Waals surface area contributed by atoms with Crippen LogP contribution in [0.5, 0.6) is 11.5 Å². The number of carbonyl (C=O) groups is 2. The van der Waals surface area contributed by atoms with E-state index in [9.17, 15) is 44.7 Å². The predicted molar refractivity (Wildman–Crippen MR) is 267 cm³/mol. The third-order valence-corrected chi connectivity index (χ3v) is 15.2. The molecule has 2 atom stereocenters. The van der Waals surface area contributed by atoms with Crippen LogP contribution in [0.2, 0.25) is 0 Å². The van der Waals surface area contributed by atoms with Gasteiger partial charge in [0.1, 0.15) is 62.5 Å². The number of nitrogens with zero attached hydrogens (tertiary/aromatic N) is 4. The van der Waals surface area contributed by atoms with Gasteiger partial charge in [-0.2, -0.15) is 0 Å². The summed E-state index contributed by atoms with van der Waals surface area (Å²) in [7, 11) is 0. The second-order valence-electron chi connectivity index (χ2n) is 20.1. The molecule has 6 aliphatic heterocycles. The van der Waals surface area contributed by atoms with Gasteiger partial charge in [-0.1, -0.05) is 48.5 Å². The summed E-state index contributed by atoms with van der Waals surface area (Å²) in [5, 5.41) is 0. The molecule has 0 aliphatic carbocycles. The lowest BCUT2D eigenvalue weighted by Crippen LogP contribution is -3.00. The van der Waals surface area contributed by atoms with Crippen molar-refractivity contribution >= 4 is 23.6 Å². The van der Waals surface area contributed by atoms with E-state index in [1.807, 2.05) is 60.7 Å². The normalized spacial score (nSPS) is 21.6. The van der Waals surface area contributed by atoms with Crippen LogP contribution in [0.1, 0.15) is 36.8 Å². The van der Waals surface area contributed by atoms with Gasteiger partial charge in [-0.25, -0.2) is 44.7 Å². The second-order valence-corrected chi connectivity index (χ2v) is 20.1. The highest BCUT2D eigenvalue weighted by molar-refractivity contribution is 5.88. The number of carbonyl (C=O) groups excluding carboxylic acids is 2. The van der Waals surface area contributed by atoms with Crippen molar-refractivity contribution in [1.29, 1.82) is 0 Å². The number of halogens is 10. The first-order chi connectivity index (χ1) is 36.6. The Morgan fingerprint density at radius 2 is 0.808 bits per heavy atom. The highest BCUT2D eigenvalue weighted by Crippen LogP contribution is 2.38. The number of piperidine rings is 6. The van der Waals surface area contributed by atoms with Crippen molar-refractivity contribution in [2.24, 2.45) is 11.8 Å². The quantitative estimate of drug-likeness (QED) is 0.0658. The van der Waals surface area contributed by atoms with Gasteiger partial charge in [0, 0.05) is 37.5 Å². The molecule has 0 N–H and O–H groups in total. The first kappa shape index (κ1) is 59.4. The van der Waals surface area contributed by atoms with E-state index in [0.29, 0.717) is 26.3 Å². The van der Waals surface area contributed by atoms with E-state index >= 15 is 0 Å². The zero-order chi connectivity index (χ0) is 53.4. The van der Waals surface area contributed by atoms with Crippen LogP contribution >= 0.6 is 0 Å². The fourth-order valence-corrected chi connectivity index (χ4v) is 11.0. The van der Waals surface area contributed by atoms with Gasteiger partial charge in [0.2, 0.25) is 0 Å². The lowest BCUT2D eigenvalue weighted by Gasteiger charge is -2.52. The van der Waals surface area contributed by atoms with Gasteiger partial charge in [-0.05, 0) is 96.1 Å². The number of benzene rings is 6. The summed E-state index contributed by atoms with van der Waals surface area (Å²) in [5.41, 5.74) is 0.360. The number of quaternary nitrogens is 2. The molecule has 6 fully saturated rings. The molecule has 10 nitrogen and oxygen atoms in total. The third-order valence-electron chi connectivity index (χ3n) is 15.2. The predicted octanol–water partition coefficient (Wildman–Crippen LogP) is 6.16. The van der Waals surface area contributed by atoms with Gasteiger partial charge >= 0.3 is 12.2 Å².